The van der Waals surface area contributed by atoms with Crippen molar-refractivity contribution in [1.29, 1.82) is 0 Å². The highest BCUT2D eigenvalue weighted by Crippen LogP contribution is 2.39. The fourth-order valence-corrected chi connectivity index (χ4v) is 4.67. The zero-order valence-corrected chi connectivity index (χ0v) is 19.4. The summed E-state index contributed by atoms with van der Waals surface area (Å²) in [7, 11) is 4.09. The molecule has 0 saturated carbocycles. The Labute approximate surface area is 195 Å². The number of esters is 1. The number of benzene rings is 1. The first-order valence-corrected chi connectivity index (χ1v) is 10.9. The molecule has 0 aliphatic rings. The first kappa shape index (κ1) is 22.5. The molecule has 10 nitrogen and oxygen atoms in total. The van der Waals surface area contributed by atoms with Gasteiger partial charge in [0.1, 0.15) is 17.1 Å². The third kappa shape index (κ3) is 3.85. The highest BCUT2D eigenvalue weighted by Gasteiger charge is 2.24. The monoisotopic (exact) mass is 487 g/mol. The molecule has 0 radical (unpaired) electrons. The summed E-state index contributed by atoms with van der Waals surface area (Å²) in [5.74, 6) is -1.12. The van der Waals surface area contributed by atoms with Crippen LogP contribution in [0.5, 0.6) is 0 Å². The zero-order chi connectivity index (χ0) is 23.9. The number of methoxy groups -OCH3 is 1. The first-order chi connectivity index (χ1) is 15.7. The maximum Gasteiger partial charge on any atom is 0.341 e. The minimum atomic E-state index is -0.626. The second kappa shape index (κ2) is 8.68. The predicted molar refractivity (Wildman–Crippen MR) is 125 cm³/mol. The Balaban J connectivity index is 1.69. The molecule has 33 heavy (non-hydrogen) atoms. The van der Waals surface area contributed by atoms with Crippen molar-refractivity contribution in [3.05, 3.63) is 67.4 Å². The molecule has 0 bridgehead atoms. The molecule has 4 rings (SSSR count). The summed E-state index contributed by atoms with van der Waals surface area (Å²) in [5, 5.41) is 5.15. The molecule has 0 saturated heterocycles. The molecular weight excluding hydrogens is 470 g/mol. The number of nitrogens with zero attached hydrogens (tertiary/aromatic N) is 4. The van der Waals surface area contributed by atoms with Gasteiger partial charge in [-0.15, -0.1) is 11.3 Å². The normalized spacial score (nSPS) is 11.0. The number of anilines is 1. The molecule has 3 aromatic heterocycles. The largest absolute Gasteiger partial charge is 0.465 e. The summed E-state index contributed by atoms with van der Waals surface area (Å²) < 4.78 is 8.45. The number of hydrogen-bond acceptors (Lipinski definition) is 7. The Morgan fingerprint density at radius 2 is 1.88 bits per heavy atom. The summed E-state index contributed by atoms with van der Waals surface area (Å²) in [6, 6.07) is 7.02. The second-order valence-electron chi connectivity index (χ2n) is 7.12. The van der Waals surface area contributed by atoms with E-state index in [1.54, 1.807) is 29.6 Å². The van der Waals surface area contributed by atoms with Gasteiger partial charge in [-0.25, -0.2) is 14.6 Å². The summed E-state index contributed by atoms with van der Waals surface area (Å²) in [4.78, 5) is 54.1. The molecule has 12 heteroatoms. The highest BCUT2D eigenvalue weighted by atomic mass is 35.5. The van der Waals surface area contributed by atoms with Gasteiger partial charge in [0.25, 0.3) is 5.56 Å². The number of nitrogens with one attached hydrogen (secondary N) is 1. The number of aryl methyl sites for hydroxylation is 1. The number of rotatable bonds is 5. The lowest BCUT2D eigenvalue weighted by molar-refractivity contribution is -0.116. The molecule has 0 unspecified atom stereocenters. The number of carbonyl (C=O) groups is 2. The van der Waals surface area contributed by atoms with E-state index in [0.717, 1.165) is 15.9 Å². The van der Waals surface area contributed by atoms with Crippen molar-refractivity contribution in [2.45, 2.75) is 6.54 Å². The molecule has 0 aliphatic carbocycles. The van der Waals surface area contributed by atoms with E-state index in [4.69, 9.17) is 16.3 Å². The van der Waals surface area contributed by atoms with Crippen molar-refractivity contribution < 1.29 is 14.3 Å². The fraction of sp³-hybridized carbons (Fsp3) is 0.190. The number of fused-ring (bicyclic) bond motifs is 1. The van der Waals surface area contributed by atoms with Crippen LogP contribution in [0.4, 0.5) is 5.00 Å². The molecule has 0 aliphatic heterocycles. The maximum absolute atomic E-state index is 12.8. The van der Waals surface area contributed by atoms with Crippen LogP contribution < -0.4 is 16.6 Å². The zero-order valence-electron chi connectivity index (χ0n) is 17.8. The van der Waals surface area contributed by atoms with Gasteiger partial charge in [-0.1, -0.05) is 29.8 Å². The predicted octanol–water partition coefficient (Wildman–Crippen LogP) is 2.24. The Hall–Kier alpha value is -3.70. The van der Waals surface area contributed by atoms with E-state index in [9.17, 15) is 19.2 Å². The molecule has 1 aromatic carbocycles. The number of aromatic nitrogens is 4. The van der Waals surface area contributed by atoms with Gasteiger partial charge in [-0.3, -0.25) is 18.7 Å². The molecule has 1 amide bonds. The second-order valence-corrected chi connectivity index (χ2v) is 8.41. The van der Waals surface area contributed by atoms with Crippen molar-refractivity contribution in [1.82, 2.24) is 18.7 Å². The summed E-state index contributed by atoms with van der Waals surface area (Å²) in [5.41, 5.74) is 0.541. The molecule has 3 heterocycles. The van der Waals surface area contributed by atoms with Crippen LogP contribution in [0.2, 0.25) is 5.02 Å². The van der Waals surface area contributed by atoms with Crippen LogP contribution in [0.25, 0.3) is 22.3 Å². The lowest BCUT2D eigenvalue weighted by atomic mass is 10.0. The molecule has 0 spiro atoms. The van der Waals surface area contributed by atoms with Gasteiger partial charge in [0.05, 0.1) is 13.4 Å². The molecule has 1 N–H and O–H groups in total. The number of ether oxygens (including phenoxy) is 1. The number of halogens is 1. The summed E-state index contributed by atoms with van der Waals surface area (Å²) in [6.07, 6.45) is 1.32. The highest BCUT2D eigenvalue weighted by molar-refractivity contribution is 7.15. The van der Waals surface area contributed by atoms with Gasteiger partial charge in [0, 0.05) is 35.6 Å². The van der Waals surface area contributed by atoms with E-state index in [1.165, 1.54) is 36.7 Å². The van der Waals surface area contributed by atoms with Gasteiger partial charge >= 0.3 is 11.7 Å². The van der Waals surface area contributed by atoms with Crippen molar-refractivity contribution in [3.63, 3.8) is 0 Å². The Morgan fingerprint density at radius 3 is 2.58 bits per heavy atom. The molecule has 4 aromatic rings. The fourth-order valence-electron chi connectivity index (χ4n) is 3.47. The van der Waals surface area contributed by atoms with Crippen LogP contribution in [0.15, 0.2) is 45.6 Å². The Morgan fingerprint density at radius 1 is 1.15 bits per heavy atom. The lowest BCUT2D eigenvalue weighted by Crippen LogP contribution is -2.37. The minimum Gasteiger partial charge on any atom is -0.465 e. The Kier molecular flexibility index (Phi) is 5.91. The van der Waals surface area contributed by atoms with Crippen molar-refractivity contribution in [3.8, 4) is 11.1 Å². The van der Waals surface area contributed by atoms with E-state index >= 15 is 0 Å². The molecule has 170 valence electrons. The smallest absolute Gasteiger partial charge is 0.341 e. The van der Waals surface area contributed by atoms with Crippen LogP contribution >= 0.6 is 22.9 Å². The number of hydrogen-bond donors (Lipinski definition) is 1. The molecular formula is C21H18ClN5O5S. The van der Waals surface area contributed by atoms with Crippen LogP contribution in [0.1, 0.15) is 10.4 Å². The van der Waals surface area contributed by atoms with E-state index in [1.807, 2.05) is 0 Å². The van der Waals surface area contributed by atoms with Gasteiger partial charge in [0.15, 0.2) is 11.2 Å². The lowest BCUT2D eigenvalue weighted by Gasteiger charge is -2.10. The summed E-state index contributed by atoms with van der Waals surface area (Å²) in [6.45, 7) is -0.260. The van der Waals surface area contributed by atoms with Crippen molar-refractivity contribution in [2.24, 2.45) is 14.1 Å². The maximum atomic E-state index is 12.8. The third-order valence-electron chi connectivity index (χ3n) is 5.13. The third-order valence-corrected chi connectivity index (χ3v) is 6.35. The minimum absolute atomic E-state index is 0.117. The number of thiophene rings is 1. The number of carbonyl (C=O) groups excluding carboxylic acids is 2. The average Bonchev–Trinajstić information content (AvgIpc) is 3.40. The van der Waals surface area contributed by atoms with E-state index in [0.29, 0.717) is 16.1 Å². The van der Waals surface area contributed by atoms with Gasteiger partial charge < -0.3 is 14.6 Å². The van der Waals surface area contributed by atoms with Crippen LogP contribution in [0.3, 0.4) is 0 Å². The molecule has 0 fully saturated rings. The number of amides is 1. The topological polar surface area (TPSA) is 117 Å². The number of imidazole rings is 1. The standard InChI is InChI=1S/C21H18ClN5O5S/c1-25-17-16(19(29)26(2)21(25)31)27(10-23-17)8-14(28)24-18-15(20(30)32-3)12(9-33-18)11-6-4-5-7-13(11)22/h4-7,9-10H,8H2,1-3H3,(H,24,28). The van der Waals surface area contributed by atoms with Crippen LogP contribution in [0, 0.1) is 0 Å². The van der Waals surface area contributed by atoms with E-state index in [2.05, 4.69) is 10.3 Å². The quantitative estimate of drug-likeness (QED) is 0.431. The SMILES string of the molecule is COC(=O)c1c(-c2ccccc2Cl)csc1NC(=O)Cn1cnc2c1c(=O)n(C)c(=O)n2C. The van der Waals surface area contributed by atoms with Gasteiger partial charge in [0.2, 0.25) is 5.91 Å². The average molecular weight is 488 g/mol. The first-order valence-electron chi connectivity index (χ1n) is 9.60. The van der Waals surface area contributed by atoms with E-state index in [-0.39, 0.29) is 28.3 Å². The van der Waals surface area contributed by atoms with Gasteiger partial charge in [-0.2, -0.15) is 0 Å². The van der Waals surface area contributed by atoms with Crippen LogP contribution in [-0.4, -0.2) is 37.7 Å². The molecule has 0 atom stereocenters. The van der Waals surface area contributed by atoms with Gasteiger partial charge in [-0.05, 0) is 6.07 Å². The van der Waals surface area contributed by atoms with Crippen LogP contribution in [-0.2, 0) is 30.2 Å². The van der Waals surface area contributed by atoms with Crippen molar-refractivity contribution >= 4 is 51.0 Å². The van der Waals surface area contributed by atoms with E-state index < -0.39 is 23.1 Å². The Bertz CT molecular complexity index is 1530. The van der Waals surface area contributed by atoms with Crippen molar-refractivity contribution in [2.75, 3.05) is 12.4 Å². The summed E-state index contributed by atoms with van der Waals surface area (Å²) >= 11 is 7.44.